The van der Waals surface area contributed by atoms with E-state index in [1.807, 2.05) is 18.2 Å². The molecule has 0 atom stereocenters. The van der Waals surface area contributed by atoms with Crippen molar-refractivity contribution in [2.75, 3.05) is 4.90 Å². The van der Waals surface area contributed by atoms with Crippen LogP contribution in [0.3, 0.4) is 0 Å². The zero-order valence-corrected chi connectivity index (χ0v) is 17.9. The number of anilines is 3. The van der Waals surface area contributed by atoms with Crippen molar-refractivity contribution in [1.82, 2.24) is 15.0 Å². The van der Waals surface area contributed by atoms with Crippen LogP contribution in [0.15, 0.2) is 72.8 Å². The van der Waals surface area contributed by atoms with Gasteiger partial charge in [-0.05, 0) is 36.0 Å². The van der Waals surface area contributed by atoms with Gasteiger partial charge >= 0.3 is 5.97 Å². The molecule has 1 N–H and O–H groups in total. The topological polar surface area (TPSA) is 79.2 Å². The van der Waals surface area contributed by atoms with Crippen molar-refractivity contribution in [2.24, 2.45) is 0 Å². The van der Waals surface area contributed by atoms with Gasteiger partial charge in [0, 0.05) is 26.8 Å². The van der Waals surface area contributed by atoms with Gasteiger partial charge in [0.1, 0.15) is 23.5 Å². The van der Waals surface area contributed by atoms with Gasteiger partial charge in [0.25, 0.3) is 0 Å². The average Bonchev–Trinajstić information content (AvgIpc) is 2.75. The van der Waals surface area contributed by atoms with Crippen LogP contribution in [0.1, 0.15) is 10.5 Å². The molecule has 0 spiro atoms. The molecule has 6 nitrogen and oxygen atoms in total. The van der Waals surface area contributed by atoms with Crippen molar-refractivity contribution < 1.29 is 39.7 Å². The summed E-state index contributed by atoms with van der Waals surface area (Å²) in [6.45, 7) is 0. The summed E-state index contributed by atoms with van der Waals surface area (Å²) in [5.41, 5.74) is 0.636. The van der Waals surface area contributed by atoms with Crippen molar-refractivity contribution >= 4 is 23.3 Å². The third kappa shape index (κ3) is 4.81. The number of carboxylic acid groups (broad SMARTS) is 1. The van der Waals surface area contributed by atoms with Crippen molar-refractivity contribution in [1.29, 1.82) is 0 Å². The number of pyridine rings is 3. The Bertz CT molecular complexity index is 1230. The summed E-state index contributed by atoms with van der Waals surface area (Å²) in [5.74, 6) is -2.51. The first kappa shape index (κ1) is 22.2. The fraction of sp³-hybridized carbons (Fsp3) is 0. The Labute approximate surface area is 190 Å². The Hall–Kier alpha value is -3.51. The number of para-hydroxylation sites is 1. The molecule has 0 radical (unpaired) electrons. The van der Waals surface area contributed by atoms with Crippen LogP contribution in [-0.4, -0.2) is 26.0 Å². The Morgan fingerprint density at radius 2 is 1.55 bits per heavy atom. The van der Waals surface area contributed by atoms with Crippen LogP contribution in [0.4, 0.5) is 26.1 Å². The van der Waals surface area contributed by atoms with Gasteiger partial charge in [0.2, 0.25) is 0 Å². The van der Waals surface area contributed by atoms with E-state index in [4.69, 9.17) is 0 Å². The second-order valence-corrected chi connectivity index (χ2v) is 6.13. The van der Waals surface area contributed by atoms with Gasteiger partial charge in [0.05, 0.1) is 0 Å². The molecule has 0 unspecified atom stereocenters. The molecule has 0 aliphatic rings. The molecule has 3 heterocycles. The summed E-state index contributed by atoms with van der Waals surface area (Å²) >= 11 is 0. The smallest absolute Gasteiger partial charge is 0.354 e. The standard InChI is InChI=1S/C22H13F2N4O2.Pt/c23-18-13-12-15(21(24)27-18)16-8-4-10-19(25-16)28(14-6-2-1-3-7-14)20-11-5-9-17(26-20)22(29)30;/h1-11,13H,(H,29,30);/q-1;. The molecule has 0 amide bonds. The first-order chi connectivity index (χ1) is 14.5. The summed E-state index contributed by atoms with van der Waals surface area (Å²) in [7, 11) is 0. The number of hydrogen-bond donors (Lipinski definition) is 1. The van der Waals surface area contributed by atoms with Crippen LogP contribution in [-0.2, 0) is 21.1 Å². The van der Waals surface area contributed by atoms with E-state index in [9.17, 15) is 18.7 Å². The summed E-state index contributed by atoms with van der Waals surface area (Å²) in [4.78, 5) is 24.8. The molecular formula is C22H13F2N4O2Pt-. The first-order valence-corrected chi connectivity index (χ1v) is 8.79. The maximum atomic E-state index is 14.1. The van der Waals surface area contributed by atoms with E-state index in [2.05, 4.69) is 21.0 Å². The van der Waals surface area contributed by atoms with Gasteiger partial charge < -0.3 is 5.11 Å². The van der Waals surface area contributed by atoms with E-state index >= 15 is 0 Å². The molecule has 158 valence electrons. The fourth-order valence-corrected chi connectivity index (χ4v) is 2.87. The summed E-state index contributed by atoms with van der Waals surface area (Å²) < 4.78 is 27.3. The monoisotopic (exact) mass is 598 g/mol. The van der Waals surface area contributed by atoms with E-state index in [0.717, 1.165) is 6.07 Å². The molecular weight excluding hydrogens is 585 g/mol. The first-order valence-electron chi connectivity index (χ1n) is 8.79. The number of carboxylic acids is 1. The summed E-state index contributed by atoms with van der Waals surface area (Å²) in [6.07, 6.45) is 0. The summed E-state index contributed by atoms with van der Waals surface area (Å²) in [5, 5.41) is 9.30. The fourth-order valence-electron chi connectivity index (χ4n) is 2.87. The molecule has 1 aromatic carbocycles. The number of benzene rings is 1. The van der Waals surface area contributed by atoms with Gasteiger partial charge in [-0.1, -0.05) is 48.0 Å². The maximum absolute atomic E-state index is 14.1. The van der Waals surface area contributed by atoms with Crippen molar-refractivity contribution in [3.05, 3.63) is 96.5 Å². The van der Waals surface area contributed by atoms with Gasteiger partial charge in [-0.3, -0.25) is 14.9 Å². The molecule has 0 aliphatic heterocycles. The molecule has 9 heteroatoms. The van der Waals surface area contributed by atoms with Crippen LogP contribution in [0.5, 0.6) is 0 Å². The Kier molecular flexibility index (Phi) is 6.82. The molecule has 0 bridgehead atoms. The Morgan fingerprint density at radius 1 is 0.871 bits per heavy atom. The van der Waals surface area contributed by atoms with Crippen LogP contribution < -0.4 is 4.90 Å². The van der Waals surface area contributed by atoms with Crippen LogP contribution in [0, 0.1) is 18.0 Å². The van der Waals surface area contributed by atoms with Crippen LogP contribution >= 0.6 is 0 Å². The predicted molar refractivity (Wildman–Crippen MR) is 106 cm³/mol. The van der Waals surface area contributed by atoms with Crippen molar-refractivity contribution in [2.45, 2.75) is 0 Å². The minimum absolute atomic E-state index is 0. The van der Waals surface area contributed by atoms with Crippen LogP contribution in [0.2, 0.25) is 0 Å². The Morgan fingerprint density at radius 3 is 2.23 bits per heavy atom. The number of nitrogens with zero attached hydrogens (tertiary/aromatic N) is 4. The van der Waals surface area contributed by atoms with Gasteiger partial charge in [-0.25, -0.2) is 18.6 Å². The van der Waals surface area contributed by atoms with E-state index in [1.165, 1.54) is 6.07 Å². The van der Waals surface area contributed by atoms with E-state index < -0.39 is 17.9 Å². The quantitative estimate of drug-likeness (QED) is 0.263. The van der Waals surface area contributed by atoms with E-state index in [1.54, 1.807) is 47.4 Å². The third-order valence-corrected chi connectivity index (χ3v) is 4.16. The Balaban J connectivity index is 0.00000272. The molecule has 0 aliphatic carbocycles. The minimum Gasteiger partial charge on any atom is -0.477 e. The molecule has 4 aromatic rings. The second-order valence-electron chi connectivity index (χ2n) is 6.13. The van der Waals surface area contributed by atoms with Gasteiger partial charge in [0.15, 0.2) is 5.69 Å². The minimum atomic E-state index is -1.17. The number of rotatable bonds is 5. The average molecular weight is 598 g/mol. The SMILES string of the molecule is O=C(O)c1cccc(N(c2ccccc2)c2cccc(-c3[c-]cc(F)nc3F)n2)n1.[Pt]. The number of aromatic carboxylic acids is 1. The molecule has 31 heavy (non-hydrogen) atoms. The number of hydrogen-bond acceptors (Lipinski definition) is 5. The number of aromatic nitrogens is 3. The molecule has 0 saturated heterocycles. The number of carbonyl (C=O) groups is 1. The van der Waals surface area contributed by atoms with E-state index in [-0.39, 0.29) is 38.0 Å². The molecule has 0 saturated carbocycles. The molecule has 3 aromatic heterocycles. The normalized spacial score (nSPS) is 10.3. The van der Waals surface area contributed by atoms with Gasteiger partial charge in [-0.2, -0.15) is 0 Å². The second kappa shape index (κ2) is 9.53. The zero-order chi connectivity index (χ0) is 21.1. The molecule has 4 rings (SSSR count). The maximum Gasteiger partial charge on any atom is 0.354 e. The van der Waals surface area contributed by atoms with Crippen LogP contribution in [0.25, 0.3) is 11.3 Å². The van der Waals surface area contributed by atoms with Crippen molar-refractivity contribution in [3.8, 4) is 11.3 Å². The third-order valence-electron chi connectivity index (χ3n) is 4.16. The predicted octanol–water partition coefficient (Wildman–Crippen LogP) is 4.78. The van der Waals surface area contributed by atoms with Gasteiger partial charge in [-0.15, -0.1) is 6.07 Å². The van der Waals surface area contributed by atoms with E-state index in [0.29, 0.717) is 17.3 Å². The molecule has 0 fully saturated rings. The zero-order valence-electron chi connectivity index (χ0n) is 15.6. The largest absolute Gasteiger partial charge is 0.477 e. The summed E-state index contributed by atoms with van der Waals surface area (Å²) in [6, 6.07) is 21.9. The van der Waals surface area contributed by atoms with Crippen molar-refractivity contribution in [3.63, 3.8) is 0 Å². The number of halogens is 2.